The van der Waals surface area contributed by atoms with E-state index in [2.05, 4.69) is 9.97 Å². The molecule has 4 rings (SSSR count). The third-order valence-corrected chi connectivity index (χ3v) is 6.79. The van der Waals surface area contributed by atoms with Crippen molar-refractivity contribution in [2.45, 2.75) is 19.9 Å². The molecule has 3 aromatic rings. The maximum Gasteiger partial charge on any atom is 0.350 e. The second-order valence-electron chi connectivity index (χ2n) is 7.70. The molecule has 1 fully saturated rings. The van der Waals surface area contributed by atoms with Crippen molar-refractivity contribution in [3.05, 3.63) is 70.0 Å². The van der Waals surface area contributed by atoms with Gasteiger partial charge in [-0.3, -0.25) is 24.3 Å². The zero-order valence-corrected chi connectivity index (χ0v) is 19.7. The summed E-state index contributed by atoms with van der Waals surface area (Å²) >= 11 is 0.930. The van der Waals surface area contributed by atoms with Crippen LogP contribution in [0.25, 0.3) is 0 Å². The van der Waals surface area contributed by atoms with Gasteiger partial charge in [0.1, 0.15) is 16.5 Å². The number of aryl methyl sites for hydroxylation is 2. The van der Waals surface area contributed by atoms with Crippen molar-refractivity contribution in [1.29, 1.82) is 0 Å². The number of aromatic nitrogens is 2. The predicted octanol–water partition coefficient (Wildman–Crippen LogP) is 3.11. The number of carbonyl (C=O) groups is 4. The van der Waals surface area contributed by atoms with Crippen molar-refractivity contribution >= 4 is 39.9 Å². The van der Waals surface area contributed by atoms with Crippen LogP contribution < -0.4 is 9.64 Å². The van der Waals surface area contributed by atoms with Gasteiger partial charge in [-0.2, -0.15) is 0 Å². The zero-order valence-electron chi connectivity index (χ0n) is 18.9. The van der Waals surface area contributed by atoms with Gasteiger partial charge in [0.15, 0.2) is 10.9 Å². The number of hydrogen-bond acceptors (Lipinski definition) is 9. The average molecular weight is 480 g/mol. The molecule has 0 spiro atoms. The number of ether oxygens (including phenoxy) is 2. The fraction of sp³-hybridized carbons (Fsp3) is 0.250. The highest BCUT2D eigenvalue weighted by atomic mass is 32.1. The first kappa shape index (κ1) is 23.2. The second-order valence-corrected chi connectivity index (χ2v) is 8.68. The number of Topliss-reactive ketones (excluding diaryl/α,β-unsaturated/α-hetero) is 2. The Bertz CT molecular complexity index is 1300. The van der Waals surface area contributed by atoms with Gasteiger partial charge >= 0.3 is 5.97 Å². The van der Waals surface area contributed by atoms with E-state index in [1.165, 1.54) is 25.3 Å². The minimum absolute atomic E-state index is 0.131. The molecule has 1 aliphatic heterocycles. The molecule has 174 valence electrons. The molecule has 9 nitrogen and oxygen atoms in total. The van der Waals surface area contributed by atoms with Gasteiger partial charge in [0.2, 0.25) is 5.78 Å². The van der Waals surface area contributed by atoms with Crippen LogP contribution in [0.1, 0.15) is 42.9 Å². The van der Waals surface area contributed by atoms with Crippen molar-refractivity contribution in [3.8, 4) is 5.75 Å². The highest BCUT2D eigenvalue weighted by molar-refractivity contribution is 7.17. The van der Waals surface area contributed by atoms with Gasteiger partial charge in [-0.25, -0.2) is 9.78 Å². The van der Waals surface area contributed by atoms with E-state index in [4.69, 9.17) is 9.47 Å². The Morgan fingerprint density at radius 1 is 1.12 bits per heavy atom. The van der Waals surface area contributed by atoms with Crippen LogP contribution in [0.4, 0.5) is 5.13 Å². The lowest BCUT2D eigenvalue weighted by atomic mass is 9.86. The molecule has 2 unspecified atom stereocenters. The van der Waals surface area contributed by atoms with Crippen LogP contribution in [0.3, 0.4) is 0 Å². The van der Waals surface area contributed by atoms with Gasteiger partial charge in [0.05, 0.1) is 26.0 Å². The van der Waals surface area contributed by atoms with Crippen molar-refractivity contribution < 1.29 is 28.7 Å². The highest BCUT2D eigenvalue weighted by Gasteiger charge is 2.53. The lowest BCUT2D eigenvalue weighted by Gasteiger charge is -2.24. The number of thiazole rings is 1. The summed E-state index contributed by atoms with van der Waals surface area (Å²) in [7, 11) is 2.77. The largest absolute Gasteiger partial charge is 0.496 e. The quantitative estimate of drug-likeness (QED) is 0.229. The summed E-state index contributed by atoms with van der Waals surface area (Å²) in [6.07, 6.45) is 3.06. The summed E-state index contributed by atoms with van der Waals surface area (Å²) in [4.78, 5) is 61.9. The minimum Gasteiger partial charge on any atom is -0.496 e. The number of benzene rings is 1. The van der Waals surface area contributed by atoms with E-state index < -0.39 is 35.4 Å². The molecule has 10 heteroatoms. The summed E-state index contributed by atoms with van der Waals surface area (Å²) in [6.45, 7) is 3.39. The number of hydrogen-bond donors (Lipinski definition) is 0. The molecule has 0 N–H and O–H groups in total. The molecular formula is C24H21N3O6S. The summed E-state index contributed by atoms with van der Waals surface area (Å²) < 4.78 is 10.0. The topological polar surface area (TPSA) is 116 Å². The molecule has 1 amide bonds. The second kappa shape index (κ2) is 9.14. The molecule has 1 aromatic carbocycles. The van der Waals surface area contributed by atoms with E-state index in [0.29, 0.717) is 17.0 Å². The van der Waals surface area contributed by atoms with Gasteiger partial charge in [-0.1, -0.05) is 17.4 Å². The van der Waals surface area contributed by atoms with E-state index in [0.717, 1.165) is 16.9 Å². The van der Waals surface area contributed by atoms with Crippen molar-refractivity contribution in [2.24, 2.45) is 5.92 Å². The number of anilines is 1. The van der Waals surface area contributed by atoms with E-state index in [1.54, 1.807) is 50.4 Å². The minimum atomic E-state index is -1.31. The number of amides is 1. The summed E-state index contributed by atoms with van der Waals surface area (Å²) in [5, 5.41) is 0.131. The Morgan fingerprint density at radius 3 is 2.50 bits per heavy atom. The van der Waals surface area contributed by atoms with Gasteiger partial charge in [-0.05, 0) is 49.2 Å². The van der Waals surface area contributed by atoms with Gasteiger partial charge in [-0.15, -0.1) is 0 Å². The standard InChI is InChI=1S/C24H21N3O6S/c1-12-10-14(7-8-16(12)32-3)19(28)17-18(15-6-5-9-25-11-15)27(22(30)20(17)29)24-26-13(2)21(34-24)23(31)33-4/h5-11,17-18H,1-4H3. The number of rotatable bonds is 6. The fourth-order valence-electron chi connectivity index (χ4n) is 4.01. The van der Waals surface area contributed by atoms with Crippen molar-refractivity contribution in [3.63, 3.8) is 0 Å². The third kappa shape index (κ3) is 3.86. The lowest BCUT2D eigenvalue weighted by molar-refractivity contribution is -0.135. The Labute approximate surface area is 199 Å². The van der Waals surface area contributed by atoms with Crippen molar-refractivity contribution in [2.75, 3.05) is 19.1 Å². The van der Waals surface area contributed by atoms with Crippen LogP contribution in [-0.4, -0.2) is 47.6 Å². The van der Waals surface area contributed by atoms with E-state index >= 15 is 0 Å². The first-order chi connectivity index (χ1) is 16.3. The number of methoxy groups -OCH3 is 2. The number of ketones is 2. The maximum absolute atomic E-state index is 13.6. The molecular weight excluding hydrogens is 458 g/mol. The van der Waals surface area contributed by atoms with Crippen LogP contribution in [-0.2, 0) is 14.3 Å². The van der Waals surface area contributed by atoms with Crippen LogP contribution in [0.15, 0.2) is 42.7 Å². The third-order valence-electron chi connectivity index (χ3n) is 5.66. The summed E-state index contributed by atoms with van der Waals surface area (Å²) in [5.74, 6) is -3.53. The fourth-order valence-corrected chi connectivity index (χ4v) is 5.03. The molecule has 1 aliphatic rings. The number of carbonyl (C=O) groups excluding carboxylic acids is 4. The summed E-state index contributed by atoms with van der Waals surface area (Å²) in [6, 6.07) is 7.22. The SMILES string of the molecule is COC(=O)c1sc(N2C(=O)C(=O)C(C(=O)c3ccc(OC)c(C)c3)C2c2cccnc2)nc1C. The van der Waals surface area contributed by atoms with E-state index in [-0.39, 0.29) is 15.6 Å². The number of pyridine rings is 1. The number of esters is 1. The predicted molar refractivity (Wildman–Crippen MR) is 123 cm³/mol. The van der Waals surface area contributed by atoms with Crippen LogP contribution in [0, 0.1) is 19.8 Å². The molecule has 2 atom stereocenters. The molecule has 0 bridgehead atoms. The molecule has 0 aliphatic carbocycles. The van der Waals surface area contributed by atoms with Crippen molar-refractivity contribution in [1.82, 2.24) is 9.97 Å². The van der Waals surface area contributed by atoms with E-state index in [9.17, 15) is 19.2 Å². The summed E-state index contributed by atoms with van der Waals surface area (Å²) in [5.41, 5.74) is 1.86. The van der Waals surface area contributed by atoms with E-state index in [1.807, 2.05) is 0 Å². The Kier molecular flexibility index (Phi) is 6.25. The monoisotopic (exact) mass is 479 g/mol. The van der Waals surface area contributed by atoms with Crippen LogP contribution in [0.5, 0.6) is 5.75 Å². The molecule has 1 saturated heterocycles. The van der Waals surface area contributed by atoms with Gasteiger partial charge < -0.3 is 9.47 Å². The average Bonchev–Trinajstić information content (AvgIpc) is 3.35. The Balaban J connectivity index is 1.83. The molecule has 3 heterocycles. The normalized spacial score (nSPS) is 17.7. The first-order valence-electron chi connectivity index (χ1n) is 10.3. The number of nitrogens with zero attached hydrogens (tertiary/aromatic N) is 3. The molecule has 34 heavy (non-hydrogen) atoms. The lowest BCUT2D eigenvalue weighted by Crippen LogP contribution is -2.30. The van der Waals surface area contributed by atoms with Crippen LogP contribution >= 0.6 is 11.3 Å². The molecule has 2 aromatic heterocycles. The molecule has 0 saturated carbocycles. The maximum atomic E-state index is 13.6. The Hall–Kier alpha value is -3.92. The molecule has 0 radical (unpaired) electrons. The highest BCUT2D eigenvalue weighted by Crippen LogP contribution is 2.43. The Morgan fingerprint density at radius 2 is 1.88 bits per heavy atom. The smallest absolute Gasteiger partial charge is 0.350 e. The van der Waals surface area contributed by atoms with Crippen LogP contribution in [0.2, 0.25) is 0 Å². The first-order valence-corrected chi connectivity index (χ1v) is 11.1. The zero-order chi connectivity index (χ0) is 24.6. The van der Waals surface area contributed by atoms with Gasteiger partial charge in [0, 0.05) is 18.0 Å². The van der Waals surface area contributed by atoms with Gasteiger partial charge in [0.25, 0.3) is 5.91 Å².